The van der Waals surface area contributed by atoms with Crippen molar-refractivity contribution >= 4 is 5.97 Å². The van der Waals surface area contributed by atoms with E-state index in [1.54, 1.807) is 19.2 Å². The van der Waals surface area contributed by atoms with Crippen molar-refractivity contribution in [1.29, 1.82) is 0 Å². The molecule has 1 unspecified atom stereocenters. The lowest BCUT2D eigenvalue weighted by atomic mass is 9.91. The van der Waals surface area contributed by atoms with Crippen LogP contribution in [0.2, 0.25) is 0 Å². The highest BCUT2D eigenvalue weighted by molar-refractivity contribution is 5.77. The normalized spacial score (nSPS) is 11.8. The number of rotatable bonds is 9. The van der Waals surface area contributed by atoms with Crippen LogP contribution in [0.4, 0.5) is 0 Å². The Hall–Kier alpha value is -2.49. The van der Waals surface area contributed by atoms with Gasteiger partial charge in [-0.3, -0.25) is 4.79 Å². The van der Waals surface area contributed by atoms with E-state index in [2.05, 4.69) is 6.92 Å². The van der Waals surface area contributed by atoms with Crippen LogP contribution < -0.4 is 9.47 Å². The van der Waals surface area contributed by atoms with E-state index in [0.717, 1.165) is 24.2 Å². The molecule has 4 heteroatoms. The first-order valence-corrected chi connectivity index (χ1v) is 8.23. The van der Waals surface area contributed by atoms with Gasteiger partial charge in [0.25, 0.3) is 0 Å². The SMILES string of the molecule is CCCCOc1cccc(CC(C(=O)O)c2ccccc2OC)c1. The molecule has 0 aromatic heterocycles. The molecule has 2 aromatic rings. The number of aliphatic carboxylic acids is 1. The van der Waals surface area contributed by atoms with Crippen LogP contribution in [0.5, 0.6) is 11.5 Å². The highest BCUT2D eigenvalue weighted by Gasteiger charge is 2.23. The Balaban J connectivity index is 2.19. The minimum atomic E-state index is -0.864. The standard InChI is InChI=1S/C20H24O4/c1-3-4-12-24-16-9-7-8-15(13-16)14-18(20(21)22)17-10-5-6-11-19(17)23-2/h5-11,13,18H,3-4,12,14H2,1-2H3,(H,21,22). The molecule has 0 aliphatic rings. The molecule has 0 fully saturated rings. The van der Waals surface area contributed by atoms with E-state index < -0.39 is 11.9 Å². The van der Waals surface area contributed by atoms with Gasteiger partial charge in [0.15, 0.2) is 0 Å². The van der Waals surface area contributed by atoms with Gasteiger partial charge in [-0.2, -0.15) is 0 Å². The summed E-state index contributed by atoms with van der Waals surface area (Å²) in [6.45, 7) is 2.79. The molecule has 0 radical (unpaired) electrons. The molecule has 0 aliphatic carbocycles. The molecule has 0 bridgehead atoms. The third kappa shape index (κ3) is 4.75. The van der Waals surface area contributed by atoms with Gasteiger partial charge in [-0.15, -0.1) is 0 Å². The number of para-hydroxylation sites is 1. The van der Waals surface area contributed by atoms with Gasteiger partial charge in [-0.1, -0.05) is 43.7 Å². The summed E-state index contributed by atoms with van der Waals surface area (Å²) in [6, 6.07) is 14.9. The molecule has 4 nitrogen and oxygen atoms in total. The Morgan fingerprint density at radius 1 is 1.17 bits per heavy atom. The molecular weight excluding hydrogens is 304 g/mol. The first-order chi connectivity index (χ1) is 11.7. The predicted molar refractivity (Wildman–Crippen MR) is 93.9 cm³/mol. The zero-order chi connectivity index (χ0) is 17.4. The number of benzene rings is 2. The molecule has 2 aromatic carbocycles. The lowest BCUT2D eigenvalue weighted by Crippen LogP contribution is -2.15. The summed E-state index contributed by atoms with van der Waals surface area (Å²) in [5.41, 5.74) is 1.62. The number of carboxylic acid groups (broad SMARTS) is 1. The molecule has 24 heavy (non-hydrogen) atoms. The lowest BCUT2D eigenvalue weighted by Gasteiger charge is -2.16. The summed E-state index contributed by atoms with van der Waals surface area (Å²) in [5, 5.41) is 9.66. The van der Waals surface area contributed by atoms with Gasteiger partial charge < -0.3 is 14.6 Å². The lowest BCUT2D eigenvalue weighted by molar-refractivity contribution is -0.138. The minimum absolute atomic E-state index is 0.390. The van der Waals surface area contributed by atoms with Crippen molar-refractivity contribution in [2.24, 2.45) is 0 Å². The van der Waals surface area contributed by atoms with Crippen LogP contribution >= 0.6 is 0 Å². The predicted octanol–water partition coefficient (Wildman–Crippen LogP) is 4.29. The Labute approximate surface area is 143 Å². The number of hydrogen-bond acceptors (Lipinski definition) is 3. The zero-order valence-electron chi connectivity index (χ0n) is 14.2. The molecule has 0 spiro atoms. The number of methoxy groups -OCH3 is 1. The summed E-state index contributed by atoms with van der Waals surface area (Å²) in [6.07, 6.45) is 2.47. The van der Waals surface area contributed by atoms with Crippen molar-refractivity contribution in [2.75, 3.05) is 13.7 Å². The Morgan fingerprint density at radius 3 is 2.67 bits per heavy atom. The van der Waals surface area contributed by atoms with Crippen LogP contribution in [0.3, 0.4) is 0 Å². The van der Waals surface area contributed by atoms with Crippen molar-refractivity contribution < 1.29 is 19.4 Å². The van der Waals surface area contributed by atoms with Crippen LogP contribution in [0, 0.1) is 0 Å². The number of carbonyl (C=O) groups is 1. The van der Waals surface area contributed by atoms with E-state index in [4.69, 9.17) is 9.47 Å². The van der Waals surface area contributed by atoms with Crippen molar-refractivity contribution in [1.82, 2.24) is 0 Å². The molecule has 2 rings (SSSR count). The number of unbranched alkanes of at least 4 members (excludes halogenated alkanes) is 1. The molecule has 0 heterocycles. The number of ether oxygens (including phenoxy) is 2. The van der Waals surface area contributed by atoms with Crippen LogP contribution in [-0.2, 0) is 11.2 Å². The highest BCUT2D eigenvalue weighted by Crippen LogP contribution is 2.30. The molecule has 0 saturated heterocycles. The van der Waals surface area contributed by atoms with Gasteiger partial charge in [0.05, 0.1) is 19.6 Å². The average molecular weight is 328 g/mol. The summed E-state index contributed by atoms with van der Waals surface area (Å²) >= 11 is 0. The third-order valence-corrected chi connectivity index (χ3v) is 3.92. The topological polar surface area (TPSA) is 55.8 Å². The summed E-state index contributed by atoms with van der Waals surface area (Å²) in [4.78, 5) is 11.8. The van der Waals surface area contributed by atoms with E-state index in [1.165, 1.54) is 0 Å². The van der Waals surface area contributed by atoms with Crippen LogP contribution in [0.25, 0.3) is 0 Å². The second-order valence-electron chi connectivity index (χ2n) is 5.69. The van der Waals surface area contributed by atoms with Gasteiger partial charge in [0, 0.05) is 5.56 Å². The van der Waals surface area contributed by atoms with Crippen molar-refractivity contribution in [2.45, 2.75) is 32.1 Å². The Kier molecular flexibility index (Phi) is 6.67. The average Bonchev–Trinajstić information content (AvgIpc) is 2.60. The first kappa shape index (κ1) is 17.9. The Bertz CT molecular complexity index is 666. The second-order valence-corrected chi connectivity index (χ2v) is 5.69. The molecule has 128 valence electrons. The van der Waals surface area contributed by atoms with Gasteiger partial charge in [0.1, 0.15) is 11.5 Å². The van der Waals surface area contributed by atoms with E-state index in [1.807, 2.05) is 36.4 Å². The van der Waals surface area contributed by atoms with Gasteiger partial charge >= 0.3 is 5.97 Å². The fourth-order valence-corrected chi connectivity index (χ4v) is 2.62. The quantitative estimate of drug-likeness (QED) is 0.698. The maximum Gasteiger partial charge on any atom is 0.311 e. The monoisotopic (exact) mass is 328 g/mol. The van der Waals surface area contributed by atoms with Crippen molar-refractivity contribution in [3.63, 3.8) is 0 Å². The van der Waals surface area contributed by atoms with Crippen molar-refractivity contribution in [3.8, 4) is 11.5 Å². The van der Waals surface area contributed by atoms with E-state index in [0.29, 0.717) is 24.3 Å². The van der Waals surface area contributed by atoms with E-state index in [9.17, 15) is 9.90 Å². The number of hydrogen-bond donors (Lipinski definition) is 1. The molecule has 1 N–H and O–H groups in total. The summed E-state index contributed by atoms with van der Waals surface area (Å²) < 4.78 is 11.0. The van der Waals surface area contributed by atoms with E-state index >= 15 is 0 Å². The minimum Gasteiger partial charge on any atom is -0.496 e. The number of carboxylic acids is 1. The van der Waals surface area contributed by atoms with Crippen LogP contribution in [0.1, 0.15) is 36.8 Å². The van der Waals surface area contributed by atoms with Gasteiger partial charge in [-0.25, -0.2) is 0 Å². The maximum absolute atomic E-state index is 11.8. The van der Waals surface area contributed by atoms with Crippen LogP contribution in [0.15, 0.2) is 48.5 Å². The summed E-state index contributed by atoms with van der Waals surface area (Å²) in [5.74, 6) is -0.144. The molecular formula is C20H24O4. The van der Waals surface area contributed by atoms with Gasteiger partial charge in [-0.05, 0) is 36.6 Å². The molecule has 0 saturated carbocycles. The Morgan fingerprint density at radius 2 is 1.96 bits per heavy atom. The molecule has 1 atom stereocenters. The second kappa shape index (κ2) is 8.96. The molecule has 0 amide bonds. The van der Waals surface area contributed by atoms with Crippen molar-refractivity contribution in [3.05, 3.63) is 59.7 Å². The smallest absolute Gasteiger partial charge is 0.311 e. The fraction of sp³-hybridized carbons (Fsp3) is 0.350. The largest absolute Gasteiger partial charge is 0.496 e. The maximum atomic E-state index is 11.8. The van der Waals surface area contributed by atoms with E-state index in [-0.39, 0.29) is 0 Å². The molecule has 0 aliphatic heterocycles. The zero-order valence-corrected chi connectivity index (χ0v) is 14.2. The van der Waals surface area contributed by atoms with Gasteiger partial charge in [0.2, 0.25) is 0 Å². The summed E-state index contributed by atoms with van der Waals surface area (Å²) in [7, 11) is 1.56. The fourth-order valence-electron chi connectivity index (χ4n) is 2.62. The third-order valence-electron chi connectivity index (χ3n) is 3.92. The van der Waals surface area contributed by atoms with Crippen LogP contribution in [-0.4, -0.2) is 24.8 Å². The first-order valence-electron chi connectivity index (χ1n) is 8.23. The highest BCUT2D eigenvalue weighted by atomic mass is 16.5.